The minimum atomic E-state index is -0.972. The van der Waals surface area contributed by atoms with E-state index in [0.29, 0.717) is 34.0 Å². The summed E-state index contributed by atoms with van der Waals surface area (Å²) >= 11 is 6.06. The molecule has 0 aliphatic carbocycles. The summed E-state index contributed by atoms with van der Waals surface area (Å²) in [6, 6.07) is 9.76. The molecule has 140 valence electrons. The fraction of sp³-hybridized carbons (Fsp3) is 0.211. The molecule has 0 radical (unpaired) electrons. The van der Waals surface area contributed by atoms with Gasteiger partial charge in [0, 0.05) is 5.69 Å². The maximum atomic E-state index is 12.5. The van der Waals surface area contributed by atoms with Gasteiger partial charge in [0.1, 0.15) is 11.3 Å². The zero-order valence-electron chi connectivity index (χ0n) is 14.7. The molecule has 27 heavy (non-hydrogen) atoms. The molecule has 1 amide bonds. The molecule has 1 atom stereocenters. The average Bonchev–Trinajstić information content (AvgIpc) is 3.14. The first kappa shape index (κ1) is 18.7. The van der Waals surface area contributed by atoms with Crippen molar-refractivity contribution in [2.24, 2.45) is 0 Å². The van der Waals surface area contributed by atoms with E-state index in [0.717, 1.165) is 0 Å². The third-order valence-corrected chi connectivity index (χ3v) is 4.21. The Morgan fingerprint density at radius 3 is 2.81 bits per heavy atom. The van der Waals surface area contributed by atoms with Crippen molar-refractivity contribution in [1.82, 2.24) is 4.98 Å². The van der Waals surface area contributed by atoms with E-state index < -0.39 is 18.0 Å². The molecule has 0 aliphatic rings. The Hall–Kier alpha value is -3.06. The minimum absolute atomic E-state index is 0.236. The lowest BCUT2D eigenvalue weighted by Crippen LogP contribution is -2.32. The first-order valence-electron chi connectivity index (χ1n) is 8.21. The van der Waals surface area contributed by atoms with Crippen molar-refractivity contribution in [3.63, 3.8) is 0 Å². The van der Waals surface area contributed by atoms with E-state index in [1.54, 1.807) is 43.3 Å². The summed E-state index contributed by atoms with van der Waals surface area (Å²) in [6.45, 7) is 1.75. The maximum Gasteiger partial charge on any atom is 0.341 e. The van der Waals surface area contributed by atoms with Crippen LogP contribution in [0.3, 0.4) is 0 Å². The lowest BCUT2D eigenvalue weighted by molar-refractivity contribution is -0.124. The first-order chi connectivity index (χ1) is 13.0. The molecule has 2 aromatic carbocycles. The van der Waals surface area contributed by atoms with Gasteiger partial charge in [0.15, 0.2) is 18.1 Å². The van der Waals surface area contributed by atoms with Crippen LogP contribution in [0.1, 0.15) is 23.7 Å². The molecule has 0 fully saturated rings. The minimum Gasteiger partial charge on any atom is -0.495 e. The lowest BCUT2D eigenvalue weighted by atomic mass is 10.2. The topological polar surface area (TPSA) is 90.7 Å². The van der Waals surface area contributed by atoms with Crippen molar-refractivity contribution >= 4 is 40.3 Å². The molecular weight excluding hydrogens is 372 g/mol. The summed E-state index contributed by atoms with van der Waals surface area (Å²) < 4.78 is 15.6. The predicted molar refractivity (Wildman–Crippen MR) is 100 cm³/mol. The highest BCUT2D eigenvalue weighted by atomic mass is 35.5. The number of para-hydroxylation sites is 1. The van der Waals surface area contributed by atoms with Gasteiger partial charge in [0.25, 0.3) is 5.91 Å². The molecule has 1 aromatic heterocycles. The van der Waals surface area contributed by atoms with Crippen LogP contribution in [0, 0.1) is 0 Å². The quantitative estimate of drug-likeness (QED) is 0.640. The Kier molecular flexibility index (Phi) is 5.61. The molecule has 1 heterocycles. The second kappa shape index (κ2) is 8.09. The monoisotopic (exact) mass is 388 g/mol. The van der Waals surface area contributed by atoms with Gasteiger partial charge in [-0.3, -0.25) is 4.79 Å². The van der Waals surface area contributed by atoms with Crippen LogP contribution in [-0.2, 0) is 9.53 Å². The molecule has 8 heteroatoms. The Bertz CT molecular complexity index is 985. The fourth-order valence-corrected chi connectivity index (χ4v) is 2.79. The molecule has 7 nitrogen and oxygen atoms in total. The number of benzene rings is 2. The zero-order chi connectivity index (χ0) is 19.4. The van der Waals surface area contributed by atoms with Gasteiger partial charge in [-0.25, -0.2) is 9.78 Å². The second-order valence-corrected chi connectivity index (χ2v) is 6.05. The molecule has 1 N–H and O–H groups in total. The van der Waals surface area contributed by atoms with E-state index in [-0.39, 0.29) is 5.56 Å². The van der Waals surface area contributed by atoms with Crippen LogP contribution in [0.4, 0.5) is 5.69 Å². The number of fused-ring (bicyclic) bond motifs is 1. The van der Waals surface area contributed by atoms with Gasteiger partial charge in [-0.1, -0.05) is 24.6 Å². The number of nitrogens with zero attached hydrogens (tertiary/aromatic N) is 1. The SMILES string of the molecule is CCC(OC(=O)c1cccc2ocnc12)C(=O)Nc1ccc(OC)c(Cl)c1. The third kappa shape index (κ3) is 4.03. The maximum absolute atomic E-state index is 12.5. The number of carbonyl (C=O) groups is 2. The Morgan fingerprint density at radius 1 is 1.30 bits per heavy atom. The molecule has 0 bridgehead atoms. The van der Waals surface area contributed by atoms with Gasteiger partial charge in [-0.2, -0.15) is 0 Å². The normalized spacial score (nSPS) is 11.8. The number of hydrogen-bond donors (Lipinski definition) is 1. The molecule has 0 saturated carbocycles. The second-order valence-electron chi connectivity index (χ2n) is 5.65. The zero-order valence-corrected chi connectivity index (χ0v) is 15.4. The van der Waals surface area contributed by atoms with Crippen LogP contribution in [0.25, 0.3) is 11.1 Å². The van der Waals surface area contributed by atoms with Crippen molar-refractivity contribution in [3.8, 4) is 5.75 Å². The van der Waals surface area contributed by atoms with E-state index in [1.807, 2.05) is 0 Å². The highest BCUT2D eigenvalue weighted by Crippen LogP contribution is 2.27. The van der Waals surface area contributed by atoms with E-state index in [2.05, 4.69) is 10.3 Å². The van der Waals surface area contributed by atoms with Crippen LogP contribution in [0.15, 0.2) is 47.2 Å². The molecule has 0 spiro atoms. The predicted octanol–water partition coefficient (Wildman–Crippen LogP) is 4.06. The van der Waals surface area contributed by atoms with Gasteiger partial charge < -0.3 is 19.2 Å². The highest BCUT2D eigenvalue weighted by molar-refractivity contribution is 6.32. The molecule has 3 aromatic rings. The van der Waals surface area contributed by atoms with Crippen molar-refractivity contribution in [1.29, 1.82) is 0 Å². The standard InChI is InChI=1S/C19H17ClN2O5/c1-3-14(18(23)22-11-7-8-15(25-2)13(20)9-11)27-19(24)12-5-4-6-16-17(12)21-10-26-16/h4-10,14H,3H2,1-2H3,(H,22,23). The summed E-state index contributed by atoms with van der Waals surface area (Å²) in [5.41, 5.74) is 1.56. The van der Waals surface area contributed by atoms with E-state index in [1.165, 1.54) is 13.5 Å². The number of oxazole rings is 1. The summed E-state index contributed by atoms with van der Waals surface area (Å²) in [7, 11) is 1.50. The number of carbonyl (C=O) groups excluding carboxylic acids is 2. The smallest absolute Gasteiger partial charge is 0.341 e. The number of esters is 1. The number of nitrogens with one attached hydrogen (secondary N) is 1. The molecular formula is C19H17ClN2O5. The lowest BCUT2D eigenvalue weighted by Gasteiger charge is -2.16. The Morgan fingerprint density at radius 2 is 2.11 bits per heavy atom. The van der Waals surface area contributed by atoms with E-state index >= 15 is 0 Å². The average molecular weight is 389 g/mol. The number of rotatable bonds is 6. The summed E-state index contributed by atoms with van der Waals surface area (Å²) in [4.78, 5) is 29.0. The molecule has 1 unspecified atom stereocenters. The van der Waals surface area contributed by atoms with Gasteiger partial charge >= 0.3 is 5.97 Å². The Labute approximate surface area is 160 Å². The van der Waals surface area contributed by atoms with Crippen molar-refractivity contribution in [3.05, 3.63) is 53.4 Å². The van der Waals surface area contributed by atoms with E-state index in [4.69, 9.17) is 25.5 Å². The molecule has 0 aliphatic heterocycles. The number of methoxy groups -OCH3 is 1. The Balaban J connectivity index is 1.72. The van der Waals surface area contributed by atoms with Crippen LogP contribution in [0.2, 0.25) is 5.02 Å². The number of aromatic nitrogens is 1. The van der Waals surface area contributed by atoms with Crippen LogP contribution < -0.4 is 10.1 Å². The first-order valence-corrected chi connectivity index (χ1v) is 8.59. The van der Waals surface area contributed by atoms with Crippen molar-refractivity contribution < 1.29 is 23.5 Å². The van der Waals surface area contributed by atoms with Crippen molar-refractivity contribution in [2.45, 2.75) is 19.4 Å². The molecule has 0 saturated heterocycles. The van der Waals surface area contributed by atoms with Crippen molar-refractivity contribution in [2.75, 3.05) is 12.4 Å². The number of anilines is 1. The fourth-order valence-electron chi connectivity index (χ4n) is 2.53. The third-order valence-electron chi connectivity index (χ3n) is 3.91. The number of amides is 1. The van der Waals surface area contributed by atoms with E-state index in [9.17, 15) is 9.59 Å². The number of hydrogen-bond acceptors (Lipinski definition) is 6. The van der Waals surface area contributed by atoms with Gasteiger partial charge in [-0.15, -0.1) is 0 Å². The van der Waals surface area contributed by atoms with Crippen LogP contribution in [-0.4, -0.2) is 30.1 Å². The summed E-state index contributed by atoms with van der Waals surface area (Å²) in [6.07, 6.45) is 0.579. The van der Waals surface area contributed by atoms with Gasteiger partial charge in [-0.05, 0) is 36.8 Å². The molecule has 3 rings (SSSR count). The van der Waals surface area contributed by atoms with Crippen LogP contribution >= 0.6 is 11.6 Å². The number of halogens is 1. The van der Waals surface area contributed by atoms with Crippen LogP contribution in [0.5, 0.6) is 5.75 Å². The summed E-state index contributed by atoms with van der Waals surface area (Å²) in [5, 5.41) is 3.04. The van der Waals surface area contributed by atoms with Gasteiger partial charge in [0.2, 0.25) is 0 Å². The van der Waals surface area contributed by atoms with Gasteiger partial charge in [0.05, 0.1) is 17.7 Å². The number of ether oxygens (including phenoxy) is 2. The highest BCUT2D eigenvalue weighted by Gasteiger charge is 2.24. The largest absolute Gasteiger partial charge is 0.495 e. The summed E-state index contributed by atoms with van der Waals surface area (Å²) in [5.74, 6) is -0.613.